The number of aromatic nitrogens is 1. The fourth-order valence-electron chi connectivity index (χ4n) is 2.49. The highest BCUT2D eigenvalue weighted by molar-refractivity contribution is 9.09. The average Bonchev–Trinajstić information content (AvgIpc) is 2.53. The van der Waals surface area contributed by atoms with Crippen LogP contribution in [0.5, 0.6) is 0 Å². The van der Waals surface area contributed by atoms with Crippen molar-refractivity contribution >= 4 is 32.7 Å². The molecule has 1 aromatic carbocycles. The Morgan fingerprint density at radius 1 is 1.40 bits per heavy atom. The minimum atomic E-state index is 0.0522. The third-order valence-corrected chi connectivity index (χ3v) is 4.29. The molecule has 1 aliphatic rings. The minimum absolute atomic E-state index is 0.0522. The first-order chi connectivity index (χ1) is 9.81. The van der Waals surface area contributed by atoms with Crippen LogP contribution in [0.2, 0.25) is 0 Å². The molecule has 5 heteroatoms. The van der Waals surface area contributed by atoms with Crippen LogP contribution in [0.15, 0.2) is 36.5 Å². The highest BCUT2D eigenvalue weighted by Crippen LogP contribution is 2.20. The smallest absolute Gasteiger partial charge is 0.255 e. The second-order valence-corrected chi connectivity index (χ2v) is 5.40. The summed E-state index contributed by atoms with van der Waals surface area (Å²) in [7, 11) is 0. The Bertz CT molecular complexity index is 627. The minimum Gasteiger partial charge on any atom is -0.377 e. The standard InChI is InChI=1S/C15H15BrN2O2/c16-9-11-10-20-8-7-18(11)15(19)13-5-6-17-14-4-2-1-3-12(13)14/h1-6,11H,7-10H2. The quantitative estimate of drug-likeness (QED) is 0.792. The fourth-order valence-corrected chi connectivity index (χ4v) is 3.02. The van der Waals surface area contributed by atoms with Crippen molar-refractivity contribution in [1.82, 2.24) is 9.88 Å². The molecule has 20 heavy (non-hydrogen) atoms. The molecule has 2 heterocycles. The third kappa shape index (κ3) is 2.43. The van der Waals surface area contributed by atoms with Gasteiger partial charge >= 0.3 is 0 Å². The number of amides is 1. The van der Waals surface area contributed by atoms with Crippen LogP contribution in [0.1, 0.15) is 10.4 Å². The third-order valence-electron chi connectivity index (χ3n) is 3.55. The molecule has 1 unspecified atom stereocenters. The predicted molar refractivity (Wildman–Crippen MR) is 81.2 cm³/mol. The molecule has 0 bridgehead atoms. The van der Waals surface area contributed by atoms with Crippen molar-refractivity contribution in [2.24, 2.45) is 0 Å². The number of para-hydroxylation sites is 1. The predicted octanol–water partition coefficient (Wildman–Crippen LogP) is 2.47. The molecule has 1 saturated heterocycles. The first-order valence-corrected chi connectivity index (χ1v) is 7.72. The number of alkyl halides is 1. The van der Waals surface area contributed by atoms with Gasteiger partial charge in [0.05, 0.1) is 30.3 Å². The fraction of sp³-hybridized carbons (Fsp3) is 0.333. The molecular formula is C15H15BrN2O2. The number of pyridine rings is 1. The largest absolute Gasteiger partial charge is 0.377 e. The summed E-state index contributed by atoms with van der Waals surface area (Å²) in [4.78, 5) is 19.0. The lowest BCUT2D eigenvalue weighted by Gasteiger charge is -2.34. The summed E-state index contributed by atoms with van der Waals surface area (Å²) >= 11 is 3.46. The Balaban J connectivity index is 1.99. The molecule has 3 rings (SSSR count). The van der Waals surface area contributed by atoms with E-state index >= 15 is 0 Å². The Morgan fingerprint density at radius 2 is 2.25 bits per heavy atom. The lowest BCUT2D eigenvalue weighted by Crippen LogP contribution is -2.49. The number of halogens is 1. The van der Waals surface area contributed by atoms with Gasteiger partial charge in [-0.1, -0.05) is 34.1 Å². The molecule has 0 N–H and O–H groups in total. The van der Waals surface area contributed by atoms with Crippen molar-refractivity contribution in [2.45, 2.75) is 6.04 Å². The Hall–Kier alpha value is -1.46. The SMILES string of the molecule is O=C(c1ccnc2ccccc12)N1CCOCC1CBr. The number of rotatable bonds is 2. The average molecular weight is 335 g/mol. The molecule has 1 aliphatic heterocycles. The van der Waals surface area contributed by atoms with Gasteiger partial charge in [-0.15, -0.1) is 0 Å². The number of carbonyl (C=O) groups excluding carboxylic acids is 1. The van der Waals surface area contributed by atoms with Gasteiger partial charge in [0, 0.05) is 23.5 Å². The van der Waals surface area contributed by atoms with E-state index in [4.69, 9.17) is 4.74 Å². The maximum atomic E-state index is 12.8. The molecule has 4 nitrogen and oxygen atoms in total. The van der Waals surface area contributed by atoms with E-state index in [1.54, 1.807) is 12.3 Å². The molecule has 0 radical (unpaired) electrons. The van der Waals surface area contributed by atoms with Crippen molar-refractivity contribution in [1.29, 1.82) is 0 Å². The normalized spacial score (nSPS) is 19.2. The van der Waals surface area contributed by atoms with Crippen molar-refractivity contribution in [3.8, 4) is 0 Å². The number of benzene rings is 1. The highest BCUT2D eigenvalue weighted by atomic mass is 79.9. The van der Waals surface area contributed by atoms with E-state index in [9.17, 15) is 4.79 Å². The molecule has 104 valence electrons. The van der Waals surface area contributed by atoms with E-state index in [0.29, 0.717) is 25.3 Å². The molecule has 0 spiro atoms. The number of nitrogens with zero attached hydrogens (tertiary/aromatic N) is 2. The molecule has 1 fully saturated rings. The molecule has 1 amide bonds. The number of hydrogen-bond acceptors (Lipinski definition) is 3. The zero-order chi connectivity index (χ0) is 13.9. The summed E-state index contributed by atoms with van der Waals surface area (Å²) in [5.41, 5.74) is 1.56. The second kappa shape index (κ2) is 5.89. The van der Waals surface area contributed by atoms with E-state index < -0.39 is 0 Å². The number of hydrogen-bond donors (Lipinski definition) is 0. The number of carbonyl (C=O) groups is 1. The number of ether oxygens (including phenoxy) is 1. The first-order valence-electron chi connectivity index (χ1n) is 6.59. The van der Waals surface area contributed by atoms with Gasteiger partial charge in [0.15, 0.2) is 0 Å². The maximum Gasteiger partial charge on any atom is 0.255 e. The van der Waals surface area contributed by atoms with Crippen LogP contribution in [0.3, 0.4) is 0 Å². The summed E-state index contributed by atoms with van der Waals surface area (Å²) in [5.74, 6) is 0.0522. The lowest BCUT2D eigenvalue weighted by atomic mass is 10.1. The van der Waals surface area contributed by atoms with Crippen LogP contribution < -0.4 is 0 Å². The molecular weight excluding hydrogens is 320 g/mol. The van der Waals surface area contributed by atoms with Gasteiger partial charge in [-0.05, 0) is 12.1 Å². The van der Waals surface area contributed by atoms with E-state index in [1.807, 2.05) is 29.2 Å². The second-order valence-electron chi connectivity index (χ2n) is 4.76. The van der Waals surface area contributed by atoms with E-state index in [-0.39, 0.29) is 11.9 Å². The highest BCUT2D eigenvalue weighted by Gasteiger charge is 2.28. The van der Waals surface area contributed by atoms with Crippen molar-refractivity contribution < 1.29 is 9.53 Å². The summed E-state index contributed by atoms with van der Waals surface area (Å²) in [6, 6.07) is 9.61. The van der Waals surface area contributed by atoms with Crippen LogP contribution in [-0.4, -0.2) is 46.9 Å². The summed E-state index contributed by atoms with van der Waals surface area (Å²) in [6.45, 7) is 1.81. The van der Waals surface area contributed by atoms with Gasteiger partial charge in [-0.2, -0.15) is 0 Å². The Kier molecular flexibility index (Phi) is 3.98. The van der Waals surface area contributed by atoms with Crippen LogP contribution in [0, 0.1) is 0 Å². The van der Waals surface area contributed by atoms with Gasteiger partial charge in [0.25, 0.3) is 5.91 Å². The Morgan fingerprint density at radius 3 is 3.10 bits per heavy atom. The van der Waals surface area contributed by atoms with Crippen LogP contribution in [0.4, 0.5) is 0 Å². The molecule has 1 atom stereocenters. The van der Waals surface area contributed by atoms with Gasteiger partial charge in [0.2, 0.25) is 0 Å². The van der Waals surface area contributed by atoms with Gasteiger partial charge in [-0.25, -0.2) is 0 Å². The Labute approximate surface area is 125 Å². The summed E-state index contributed by atoms with van der Waals surface area (Å²) in [5, 5.41) is 1.63. The van der Waals surface area contributed by atoms with Gasteiger partial charge in [-0.3, -0.25) is 9.78 Å². The molecule has 0 saturated carbocycles. The topological polar surface area (TPSA) is 42.4 Å². The summed E-state index contributed by atoms with van der Waals surface area (Å²) in [6.07, 6.45) is 1.69. The van der Waals surface area contributed by atoms with E-state index in [1.165, 1.54) is 0 Å². The number of fused-ring (bicyclic) bond motifs is 1. The van der Waals surface area contributed by atoms with Crippen LogP contribution in [0.25, 0.3) is 10.9 Å². The lowest BCUT2D eigenvalue weighted by molar-refractivity contribution is 0.00536. The number of morpholine rings is 1. The van der Waals surface area contributed by atoms with Crippen molar-refractivity contribution in [2.75, 3.05) is 25.1 Å². The monoisotopic (exact) mass is 334 g/mol. The van der Waals surface area contributed by atoms with Crippen molar-refractivity contribution in [3.63, 3.8) is 0 Å². The first kappa shape index (κ1) is 13.5. The van der Waals surface area contributed by atoms with E-state index in [2.05, 4.69) is 20.9 Å². The van der Waals surface area contributed by atoms with Crippen molar-refractivity contribution in [3.05, 3.63) is 42.1 Å². The molecule has 2 aromatic rings. The van der Waals surface area contributed by atoms with Crippen LogP contribution in [-0.2, 0) is 4.74 Å². The van der Waals surface area contributed by atoms with E-state index in [0.717, 1.165) is 16.2 Å². The van der Waals surface area contributed by atoms with Gasteiger partial charge in [0.1, 0.15) is 0 Å². The molecule has 1 aromatic heterocycles. The van der Waals surface area contributed by atoms with Gasteiger partial charge < -0.3 is 9.64 Å². The summed E-state index contributed by atoms with van der Waals surface area (Å²) < 4.78 is 5.44. The maximum absolute atomic E-state index is 12.8. The zero-order valence-corrected chi connectivity index (χ0v) is 12.5. The zero-order valence-electron chi connectivity index (χ0n) is 11.0. The van der Waals surface area contributed by atoms with Crippen LogP contribution >= 0.6 is 15.9 Å². The molecule has 0 aliphatic carbocycles.